The minimum absolute atomic E-state index is 0.0354. The number of carbonyl (C=O) groups is 4. The van der Waals surface area contributed by atoms with Crippen LogP contribution in [0, 0.1) is 0 Å². The Kier molecular flexibility index (Phi) is 11.6. The van der Waals surface area contributed by atoms with Gasteiger partial charge < -0.3 is 14.8 Å². The van der Waals surface area contributed by atoms with Gasteiger partial charge in [0.05, 0.1) is 11.8 Å². The lowest BCUT2D eigenvalue weighted by Gasteiger charge is -2.25. The number of amides is 2. The minimum atomic E-state index is -1.28. The van der Waals surface area contributed by atoms with Gasteiger partial charge in [0.15, 0.2) is 0 Å². The molecule has 2 aromatic heterocycles. The molecule has 0 aliphatic heterocycles. The Morgan fingerprint density at radius 1 is 0.979 bits per heavy atom. The summed E-state index contributed by atoms with van der Waals surface area (Å²) in [7, 11) is 0. The summed E-state index contributed by atoms with van der Waals surface area (Å²) in [6.07, 6.45) is 6.98. The number of anilines is 1. The highest BCUT2D eigenvalue weighted by atomic mass is 16.6. The van der Waals surface area contributed by atoms with Gasteiger partial charge in [0.25, 0.3) is 5.56 Å². The lowest BCUT2D eigenvalue weighted by molar-refractivity contribution is -0.132. The zero-order chi connectivity index (χ0) is 34.0. The number of hydrogen-bond donors (Lipinski definition) is 2. The van der Waals surface area contributed by atoms with Crippen LogP contribution in [0.25, 0.3) is 11.4 Å². The van der Waals surface area contributed by atoms with Crippen LogP contribution in [-0.4, -0.2) is 49.9 Å². The van der Waals surface area contributed by atoms with Gasteiger partial charge in [-0.2, -0.15) is 0 Å². The van der Waals surface area contributed by atoms with E-state index in [4.69, 9.17) is 9.47 Å². The van der Waals surface area contributed by atoms with Gasteiger partial charge in [0.1, 0.15) is 17.1 Å². The number of allylic oxidation sites excluding steroid dienone is 3. The molecule has 4 rings (SSSR count). The van der Waals surface area contributed by atoms with Gasteiger partial charge in [-0.25, -0.2) is 14.8 Å². The van der Waals surface area contributed by atoms with E-state index in [0.29, 0.717) is 17.8 Å². The molecule has 246 valence electrons. The van der Waals surface area contributed by atoms with E-state index in [0.717, 1.165) is 18.9 Å². The zero-order valence-corrected chi connectivity index (χ0v) is 26.9. The van der Waals surface area contributed by atoms with Crippen molar-refractivity contribution >= 4 is 29.3 Å². The van der Waals surface area contributed by atoms with E-state index in [-0.39, 0.29) is 30.0 Å². The number of carbonyl (C=O) groups excluding carboxylic acids is 4. The van der Waals surface area contributed by atoms with E-state index < -0.39 is 47.0 Å². The fraction of sp³-hybridized carbons (Fsp3) is 0.343. The molecule has 2 heterocycles. The lowest BCUT2D eigenvalue weighted by Crippen LogP contribution is -2.44. The standard InChI is InChI=1S/C35H39N5O7/c1-5-6-15-24(19-20-28(42)39-32(46-29-18-10-11-21-36-29)25-16-12-17-27(41)30(25)43)40-31(23-13-8-7-9-14-23)37-22-26(33(40)44)38-34(45)47-35(2,3)4/h7-14,16-18,21-22,24,32H,5-6,15,19-20H2,1-4H3,(H,38,45)(H,39,42). The van der Waals surface area contributed by atoms with Crippen LogP contribution in [0.15, 0.2) is 89.5 Å². The van der Waals surface area contributed by atoms with Gasteiger partial charge in [0, 0.05) is 30.3 Å². The second-order valence-electron chi connectivity index (χ2n) is 11.9. The molecule has 2 N–H and O–H groups in total. The monoisotopic (exact) mass is 641 g/mol. The van der Waals surface area contributed by atoms with Crippen LogP contribution in [0.2, 0.25) is 0 Å². The molecule has 0 saturated heterocycles. The molecule has 47 heavy (non-hydrogen) atoms. The first kappa shape index (κ1) is 34.5. The molecule has 1 aromatic carbocycles. The molecule has 2 amide bonds. The predicted molar refractivity (Wildman–Crippen MR) is 176 cm³/mol. The summed E-state index contributed by atoms with van der Waals surface area (Å²) in [4.78, 5) is 73.5. The second kappa shape index (κ2) is 15.7. The smallest absolute Gasteiger partial charge is 0.412 e. The van der Waals surface area contributed by atoms with Crippen molar-refractivity contribution in [3.63, 3.8) is 0 Å². The predicted octanol–water partition coefficient (Wildman–Crippen LogP) is 5.32. The van der Waals surface area contributed by atoms with Gasteiger partial charge >= 0.3 is 6.09 Å². The quantitative estimate of drug-likeness (QED) is 0.143. The summed E-state index contributed by atoms with van der Waals surface area (Å²) in [6, 6.07) is 13.6. The molecule has 0 radical (unpaired) electrons. The Balaban J connectivity index is 1.63. The highest BCUT2D eigenvalue weighted by molar-refractivity contribution is 6.48. The van der Waals surface area contributed by atoms with Crippen molar-refractivity contribution in [1.29, 1.82) is 0 Å². The summed E-state index contributed by atoms with van der Waals surface area (Å²) in [6.45, 7) is 7.17. The van der Waals surface area contributed by atoms with Crippen molar-refractivity contribution in [2.75, 3.05) is 5.32 Å². The van der Waals surface area contributed by atoms with Crippen molar-refractivity contribution in [3.8, 4) is 17.3 Å². The molecule has 0 spiro atoms. The molecular weight excluding hydrogens is 602 g/mol. The van der Waals surface area contributed by atoms with Crippen LogP contribution >= 0.6 is 0 Å². The van der Waals surface area contributed by atoms with Gasteiger partial charge in [-0.15, -0.1) is 0 Å². The van der Waals surface area contributed by atoms with Gasteiger partial charge in [-0.3, -0.25) is 29.1 Å². The number of rotatable bonds is 13. The molecule has 2 unspecified atom stereocenters. The van der Waals surface area contributed by atoms with Crippen molar-refractivity contribution in [2.24, 2.45) is 0 Å². The summed E-state index contributed by atoms with van der Waals surface area (Å²) < 4.78 is 12.7. The van der Waals surface area contributed by atoms with Gasteiger partial charge in [0.2, 0.25) is 29.6 Å². The average Bonchev–Trinajstić information content (AvgIpc) is 3.03. The Morgan fingerprint density at radius 3 is 2.40 bits per heavy atom. The Bertz CT molecular complexity index is 1710. The highest BCUT2D eigenvalue weighted by Gasteiger charge is 2.30. The first-order valence-electron chi connectivity index (χ1n) is 15.5. The number of nitrogens with one attached hydrogen (secondary N) is 2. The molecule has 12 heteroatoms. The number of hydrogen-bond acceptors (Lipinski definition) is 9. The fourth-order valence-electron chi connectivity index (χ4n) is 4.91. The summed E-state index contributed by atoms with van der Waals surface area (Å²) in [5.74, 6) is -1.48. The molecule has 1 aliphatic carbocycles. The molecule has 2 atom stereocenters. The van der Waals surface area contributed by atoms with Crippen LogP contribution in [0.5, 0.6) is 5.88 Å². The third-order valence-corrected chi connectivity index (χ3v) is 7.08. The van der Waals surface area contributed by atoms with Crippen molar-refractivity contribution in [1.82, 2.24) is 19.9 Å². The largest absolute Gasteiger partial charge is 0.449 e. The molecule has 0 saturated carbocycles. The van der Waals surface area contributed by atoms with E-state index in [1.807, 2.05) is 37.3 Å². The summed E-state index contributed by atoms with van der Waals surface area (Å²) >= 11 is 0. The fourth-order valence-corrected chi connectivity index (χ4v) is 4.91. The Morgan fingerprint density at radius 2 is 1.72 bits per heavy atom. The second-order valence-corrected chi connectivity index (χ2v) is 11.9. The lowest BCUT2D eigenvalue weighted by atomic mass is 10.00. The average molecular weight is 642 g/mol. The highest BCUT2D eigenvalue weighted by Crippen LogP contribution is 2.27. The molecular formula is C35H39N5O7. The van der Waals surface area contributed by atoms with Gasteiger partial charge in [-0.1, -0.05) is 62.2 Å². The van der Waals surface area contributed by atoms with E-state index in [2.05, 4.69) is 20.6 Å². The van der Waals surface area contributed by atoms with Crippen LogP contribution < -0.4 is 20.9 Å². The SMILES string of the molecule is CCCCC(CCC(=O)NC(Oc1ccccn1)C1=CC=CC(=O)C1=O)n1c(-c2ccccc2)ncc(NC(=O)OC(C)(C)C)c1=O. The number of unbranched alkanes of at least 4 members (excludes halogenated alkanes) is 1. The normalized spacial score (nSPS) is 14.2. The zero-order valence-electron chi connectivity index (χ0n) is 26.9. The summed E-state index contributed by atoms with van der Waals surface area (Å²) in [5, 5.41) is 5.24. The van der Waals surface area contributed by atoms with E-state index in [1.165, 1.54) is 29.1 Å². The number of nitrogens with zero attached hydrogens (tertiary/aromatic N) is 3. The number of benzene rings is 1. The Labute approximate surface area is 272 Å². The van der Waals surface area contributed by atoms with Crippen molar-refractivity contribution in [3.05, 3.63) is 95.1 Å². The number of pyridine rings is 1. The molecule has 0 bridgehead atoms. The molecule has 1 aliphatic rings. The van der Waals surface area contributed by atoms with Crippen molar-refractivity contribution < 1.29 is 28.7 Å². The maximum absolute atomic E-state index is 14.0. The number of aromatic nitrogens is 3. The first-order chi connectivity index (χ1) is 22.5. The number of ether oxygens (including phenoxy) is 2. The Hall–Kier alpha value is -5.39. The first-order valence-corrected chi connectivity index (χ1v) is 15.5. The van der Waals surface area contributed by atoms with Crippen molar-refractivity contribution in [2.45, 2.75) is 77.7 Å². The third kappa shape index (κ3) is 9.55. The van der Waals surface area contributed by atoms with E-state index in [9.17, 15) is 24.0 Å². The minimum Gasteiger partial charge on any atom is -0.449 e. The maximum Gasteiger partial charge on any atom is 0.412 e. The topological polar surface area (TPSA) is 159 Å². The number of Topliss-reactive ketones (excluding diaryl/α,β-unsaturated/α-hetero) is 1. The van der Waals surface area contributed by atoms with Crippen LogP contribution in [0.4, 0.5) is 10.5 Å². The molecule has 3 aromatic rings. The third-order valence-electron chi connectivity index (χ3n) is 7.08. The van der Waals surface area contributed by atoms with Crippen LogP contribution in [0.3, 0.4) is 0 Å². The van der Waals surface area contributed by atoms with Gasteiger partial charge in [-0.05, 0) is 51.8 Å². The molecule has 12 nitrogen and oxygen atoms in total. The number of ketones is 2. The van der Waals surface area contributed by atoms with Crippen LogP contribution in [-0.2, 0) is 19.1 Å². The van der Waals surface area contributed by atoms with E-state index >= 15 is 0 Å². The maximum atomic E-state index is 14.0. The van der Waals surface area contributed by atoms with Crippen LogP contribution in [0.1, 0.15) is 65.8 Å². The summed E-state index contributed by atoms with van der Waals surface area (Å²) in [5.41, 5.74) is -0.687. The van der Waals surface area contributed by atoms with E-state index in [1.54, 1.807) is 39.0 Å². The molecule has 0 fully saturated rings.